The molecule has 1 atom stereocenters. The fourth-order valence-corrected chi connectivity index (χ4v) is 3.83. The lowest BCUT2D eigenvalue weighted by Crippen LogP contribution is -2.44. The fourth-order valence-electron chi connectivity index (χ4n) is 3.53. The minimum Gasteiger partial charge on any atom is -0.330 e. The van der Waals surface area contributed by atoms with Crippen molar-refractivity contribution >= 4 is 23.3 Å². The van der Waals surface area contributed by atoms with Crippen molar-refractivity contribution in [3.05, 3.63) is 52.2 Å². The van der Waals surface area contributed by atoms with E-state index in [1.54, 1.807) is 9.69 Å². The Morgan fingerprint density at radius 3 is 2.80 bits per heavy atom. The Hall–Kier alpha value is -2.79. The Balaban J connectivity index is 1.60. The number of halogens is 4. The quantitative estimate of drug-likeness (QED) is 0.762. The number of alkyl halides is 3. The van der Waals surface area contributed by atoms with Gasteiger partial charge in [-0.05, 0) is 19.9 Å². The second-order valence-electron chi connectivity index (χ2n) is 7.03. The fraction of sp³-hybridized carbons (Fsp3) is 0.389. The normalized spacial score (nSPS) is 19.2. The van der Waals surface area contributed by atoms with Crippen LogP contribution < -0.4 is 16.0 Å². The molecule has 2 N–H and O–H groups in total. The number of hydrazine groups is 2. The lowest BCUT2D eigenvalue weighted by Gasteiger charge is -2.35. The van der Waals surface area contributed by atoms with E-state index in [0.29, 0.717) is 12.2 Å². The van der Waals surface area contributed by atoms with Gasteiger partial charge in [0.05, 0.1) is 28.5 Å². The lowest BCUT2D eigenvalue weighted by molar-refractivity contribution is -0.141. The second-order valence-corrected chi connectivity index (χ2v) is 7.41. The maximum absolute atomic E-state index is 13.1. The van der Waals surface area contributed by atoms with Crippen LogP contribution >= 0.6 is 11.6 Å². The molecule has 0 bridgehead atoms. The maximum atomic E-state index is 13.1. The van der Waals surface area contributed by atoms with Crippen LogP contribution in [0.15, 0.2) is 35.9 Å². The van der Waals surface area contributed by atoms with Crippen molar-refractivity contribution in [2.45, 2.75) is 39.0 Å². The number of aryl methyl sites for hydroxylation is 1. The van der Waals surface area contributed by atoms with Crippen LogP contribution in [0.25, 0.3) is 0 Å². The molecule has 8 nitrogen and oxygen atoms in total. The Morgan fingerprint density at radius 1 is 1.37 bits per heavy atom. The van der Waals surface area contributed by atoms with Gasteiger partial charge in [0, 0.05) is 37.5 Å². The molecular weight excluding hydrogens is 423 g/mol. The predicted octanol–water partition coefficient (Wildman–Crippen LogP) is 2.95. The summed E-state index contributed by atoms with van der Waals surface area (Å²) in [7, 11) is 0. The van der Waals surface area contributed by atoms with Crippen molar-refractivity contribution in [3.8, 4) is 0 Å². The molecule has 1 amide bonds. The van der Waals surface area contributed by atoms with Crippen molar-refractivity contribution < 1.29 is 18.0 Å². The second kappa shape index (κ2) is 7.47. The molecular formula is C18H19ClF3N7O. The zero-order valence-corrected chi connectivity index (χ0v) is 16.9. The van der Waals surface area contributed by atoms with Crippen LogP contribution in [0.3, 0.4) is 0 Å². The molecule has 4 heterocycles. The van der Waals surface area contributed by atoms with Gasteiger partial charge in [0.15, 0.2) is 11.5 Å². The smallest absolute Gasteiger partial charge is 0.330 e. The van der Waals surface area contributed by atoms with E-state index in [0.717, 1.165) is 24.1 Å². The Labute approximate surface area is 175 Å². The standard InChI is InChI=1S/C18H19ClF3N7O/c1-3-27-7-5-14(25-27)29-13-8-10(2)28(9-12(13)24-26-29)17(30)11-4-6-23-16(15(11)19)18(20,21)22/h4-7,10,24,26H,3,8-9H2,1-2H3/t10-/m0/s1. The van der Waals surface area contributed by atoms with Gasteiger partial charge in [-0.1, -0.05) is 11.6 Å². The van der Waals surface area contributed by atoms with E-state index >= 15 is 0 Å². The molecule has 0 fully saturated rings. The third-order valence-electron chi connectivity index (χ3n) is 5.11. The summed E-state index contributed by atoms with van der Waals surface area (Å²) in [6, 6.07) is 2.80. The molecule has 2 aliphatic rings. The average Bonchev–Trinajstić information content (AvgIpc) is 3.32. The SMILES string of the molecule is CCn1ccc(N2NNC3=C2C[C@H](C)N(C(=O)c2ccnc(C(F)(F)F)c2Cl)C3)n1. The van der Waals surface area contributed by atoms with Crippen LogP contribution in [0.5, 0.6) is 0 Å². The van der Waals surface area contributed by atoms with Gasteiger partial charge in [-0.3, -0.25) is 14.5 Å². The average molecular weight is 442 g/mol. The topological polar surface area (TPSA) is 78.3 Å². The van der Waals surface area contributed by atoms with E-state index in [9.17, 15) is 18.0 Å². The third kappa shape index (κ3) is 3.47. The highest BCUT2D eigenvalue weighted by atomic mass is 35.5. The van der Waals surface area contributed by atoms with Crippen molar-refractivity contribution in [1.82, 2.24) is 30.6 Å². The first-order valence-electron chi connectivity index (χ1n) is 9.30. The van der Waals surface area contributed by atoms with Crippen molar-refractivity contribution in [3.63, 3.8) is 0 Å². The van der Waals surface area contributed by atoms with Crippen molar-refractivity contribution in [1.29, 1.82) is 0 Å². The number of nitrogens with one attached hydrogen (secondary N) is 2. The number of nitrogens with zero attached hydrogens (tertiary/aromatic N) is 5. The summed E-state index contributed by atoms with van der Waals surface area (Å²) < 4.78 is 41.1. The summed E-state index contributed by atoms with van der Waals surface area (Å²) in [6.07, 6.45) is -1.45. The predicted molar refractivity (Wildman–Crippen MR) is 103 cm³/mol. The zero-order valence-electron chi connectivity index (χ0n) is 16.2. The van der Waals surface area contributed by atoms with E-state index in [2.05, 4.69) is 21.0 Å². The molecule has 0 aliphatic carbocycles. The molecule has 4 rings (SSSR count). The molecule has 0 radical (unpaired) electrons. The minimum atomic E-state index is -4.74. The van der Waals surface area contributed by atoms with Gasteiger partial charge in [0.2, 0.25) is 0 Å². The summed E-state index contributed by atoms with van der Waals surface area (Å²) in [4.78, 5) is 17.8. The molecule has 12 heteroatoms. The number of anilines is 1. The first-order chi connectivity index (χ1) is 14.2. The first kappa shape index (κ1) is 20.5. The Morgan fingerprint density at radius 2 is 2.13 bits per heavy atom. The van der Waals surface area contributed by atoms with E-state index in [1.165, 1.54) is 11.0 Å². The highest BCUT2D eigenvalue weighted by Gasteiger charge is 2.39. The van der Waals surface area contributed by atoms with E-state index in [1.807, 2.05) is 26.1 Å². The van der Waals surface area contributed by atoms with Crippen molar-refractivity contribution in [2.24, 2.45) is 0 Å². The van der Waals surface area contributed by atoms with E-state index in [-0.39, 0.29) is 18.2 Å². The monoisotopic (exact) mass is 441 g/mol. The summed E-state index contributed by atoms with van der Waals surface area (Å²) >= 11 is 5.90. The molecule has 2 aromatic heterocycles. The Bertz CT molecular complexity index is 1020. The van der Waals surface area contributed by atoms with Crippen LogP contribution in [0.2, 0.25) is 5.02 Å². The highest BCUT2D eigenvalue weighted by Crippen LogP contribution is 2.36. The highest BCUT2D eigenvalue weighted by molar-refractivity contribution is 6.34. The molecule has 0 saturated heterocycles. The van der Waals surface area contributed by atoms with E-state index in [4.69, 9.17) is 11.6 Å². The van der Waals surface area contributed by atoms with Gasteiger partial charge in [0.1, 0.15) is 0 Å². The third-order valence-corrected chi connectivity index (χ3v) is 5.50. The van der Waals surface area contributed by atoms with Crippen LogP contribution in [0, 0.1) is 0 Å². The summed E-state index contributed by atoms with van der Waals surface area (Å²) in [5.41, 5.74) is 6.23. The zero-order chi connectivity index (χ0) is 21.6. The number of hydrogen-bond donors (Lipinski definition) is 2. The maximum Gasteiger partial charge on any atom is 0.434 e. The van der Waals surface area contributed by atoms with Crippen LogP contribution in [0.4, 0.5) is 19.0 Å². The van der Waals surface area contributed by atoms with Gasteiger partial charge < -0.3 is 10.3 Å². The number of carbonyl (C=O) groups excluding carboxylic acids is 1. The van der Waals surface area contributed by atoms with Crippen LogP contribution in [0.1, 0.15) is 36.3 Å². The van der Waals surface area contributed by atoms with Gasteiger partial charge in [0.25, 0.3) is 5.91 Å². The number of rotatable bonds is 3. The minimum absolute atomic E-state index is 0.188. The first-order valence-corrected chi connectivity index (χ1v) is 9.68. The summed E-state index contributed by atoms with van der Waals surface area (Å²) in [5.74, 6) is 0.121. The number of pyridine rings is 1. The van der Waals surface area contributed by atoms with Gasteiger partial charge in [-0.25, -0.2) is 5.01 Å². The van der Waals surface area contributed by atoms with Crippen LogP contribution in [-0.4, -0.2) is 38.2 Å². The van der Waals surface area contributed by atoms with E-state index < -0.39 is 22.8 Å². The van der Waals surface area contributed by atoms with Gasteiger partial charge in [-0.2, -0.15) is 18.3 Å². The number of carbonyl (C=O) groups is 1. The summed E-state index contributed by atoms with van der Waals surface area (Å²) in [6.45, 7) is 4.74. The molecule has 2 aromatic rings. The number of amides is 1. The molecule has 30 heavy (non-hydrogen) atoms. The lowest BCUT2D eigenvalue weighted by atomic mass is 10.0. The molecule has 0 saturated carbocycles. The molecule has 2 aliphatic heterocycles. The Kier molecular flexibility index (Phi) is 5.10. The van der Waals surface area contributed by atoms with Gasteiger partial charge >= 0.3 is 6.18 Å². The summed E-state index contributed by atoms with van der Waals surface area (Å²) in [5, 5.41) is 5.59. The molecule has 0 aromatic carbocycles. The number of aromatic nitrogens is 3. The number of hydrogen-bond acceptors (Lipinski definition) is 6. The largest absolute Gasteiger partial charge is 0.434 e. The molecule has 0 spiro atoms. The van der Waals surface area contributed by atoms with Crippen LogP contribution in [-0.2, 0) is 12.7 Å². The van der Waals surface area contributed by atoms with Crippen molar-refractivity contribution in [2.75, 3.05) is 11.6 Å². The molecule has 0 unspecified atom stereocenters. The van der Waals surface area contributed by atoms with Gasteiger partial charge in [-0.15, -0.1) is 5.53 Å². The molecule has 160 valence electrons.